The maximum absolute atomic E-state index is 5.75. The number of nitrogens with two attached hydrogens (primary N) is 1. The number of hydrogen-bond donors (Lipinski definition) is 1. The summed E-state index contributed by atoms with van der Waals surface area (Å²) >= 11 is 0. The van der Waals surface area contributed by atoms with Gasteiger partial charge >= 0.3 is 0 Å². The third-order valence-electron chi connectivity index (χ3n) is 3.91. The van der Waals surface area contributed by atoms with Crippen LogP contribution < -0.4 is 10.6 Å². The number of hydrogen-bond acceptors (Lipinski definition) is 3. The number of halogens is 1. The van der Waals surface area contributed by atoms with Gasteiger partial charge in [0, 0.05) is 30.4 Å². The van der Waals surface area contributed by atoms with E-state index in [4.69, 9.17) is 5.73 Å². The van der Waals surface area contributed by atoms with E-state index in [9.17, 15) is 0 Å². The Morgan fingerprint density at radius 1 is 1.16 bits per heavy atom. The summed E-state index contributed by atoms with van der Waals surface area (Å²) < 4.78 is 0. The standard InChI is InChI=1S/C15H19N3.ClH/c16-11-12-6-9-18(10-7-12)15-5-8-17-14-4-2-1-3-13(14)15;/h1-5,8,12H,6-7,9-11,16H2;1H. The largest absolute Gasteiger partial charge is 0.371 e. The van der Waals surface area contributed by atoms with Crippen molar-refractivity contribution < 1.29 is 0 Å². The molecule has 19 heavy (non-hydrogen) atoms. The minimum Gasteiger partial charge on any atom is -0.371 e. The molecular formula is C15H20ClN3. The van der Waals surface area contributed by atoms with Crippen LogP contribution in [0.4, 0.5) is 5.69 Å². The molecule has 3 rings (SSSR count). The van der Waals surface area contributed by atoms with Gasteiger partial charge in [-0.05, 0) is 37.4 Å². The van der Waals surface area contributed by atoms with Gasteiger partial charge in [0.05, 0.1) is 5.52 Å². The minimum absolute atomic E-state index is 0. The molecule has 0 aliphatic carbocycles. The SMILES string of the molecule is Cl.NCC1CCN(c2ccnc3ccccc23)CC1. The third-order valence-corrected chi connectivity index (χ3v) is 3.91. The van der Waals surface area contributed by atoms with E-state index in [1.54, 1.807) is 0 Å². The zero-order valence-corrected chi connectivity index (χ0v) is 11.8. The zero-order chi connectivity index (χ0) is 12.4. The molecule has 0 radical (unpaired) electrons. The van der Waals surface area contributed by atoms with Crippen molar-refractivity contribution in [3.8, 4) is 0 Å². The van der Waals surface area contributed by atoms with Crippen molar-refractivity contribution >= 4 is 29.0 Å². The second-order valence-electron chi connectivity index (χ2n) is 5.01. The molecule has 4 heteroatoms. The van der Waals surface area contributed by atoms with Gasteiger partial charge in [0.15, 0.2) is 0 Å². The Bertz CT molecular complexity index is 530. The number of piperidine rings is 1. The van der Waals surface area contributed by atoms with Crippen LogP contribution in [0.25, 0.3) is 10.9 Å². The number of para-hydroxylation sites is 1. The van der Waals surface area contributed by atoms with Gasteiger partial charge in [0.1, 0.15) is 0 Å². The molecule has 2 N–H and O–H groups in total. The van der Waals surface area contributed by atoms with Crippen molar-refractivity contribution in [1.82, 2.24) is 4.98 Å². The van der Waals surface area contributed by atoms with Gasteiger partial charge in [-0.3, -0.25) is 4.98 Å². The molecule has 1 aliphatic rings. The first-order valence-corrected chi connectivity index (χ1v) is 6.67. The molecule has 1 aromatic carbocycles. The Hall–Kier alpha value is -1.32. The van der Waals surface area contributed by atoms with Crippen molar-refractivity contribution in [2.75, 3.05) is 24.5 Å². The Morgan fingerprint density at radius 3 is 2.63 bits per heavy atom. The lowest BCUT2D eigenvalue weighted by Crippen LogP contribution is -2.36. The molecule has 0 saturated carbocycles. The summed E-state index contributed by atoms with van der Waals surface area (Å²) in [5, 5.41) is 1.26. The Labute approximate surface area is 120 Å². The number of pyridine rings is 1. The number of fused-ring (bicyclic) bond motifs is 1. The van der Waals surface area contributed by atoms with Crippen LogP contribution in [0.15, 0.2) is 36.5 Å². The average Bonchev–Trinajstić information content (AvgIpc) is 2.47. The zero-order valence-electron chi connectivity index (χ0n) is 11.0. The van der Waals surface area contributed by atoms with E-state index >= 15 is 0 Å². The molecule has 0 amide bonds. The Balaban J connectivity index is 0.00000133. The van der Waals surface area contributed by atoms with Crippen LogP contribution in [0, 0.1) is 5.92 Å². The predicted octanol–water partition coefficient (Wildman–Crippen LogP) is 2.83. The van der Waals surface area contributed by atoms with Crippen LogP contribution in [0.3, 0.4) is 0 Å². The van der Waals surface area contributed by atoms with Crippen LogP contribution in [0.2, 0.25) is 0 Å². The number of nitrogens with zero attached hydrogens (tertiary/aromatic N) is 2. The summed E-state index contributed by atoms with van der Waals surface area (Å²) in [4.78, 5) is 6.89. The highest BCUT2D eigenvalue weighted by molar-refractivity contribution is 5.91. The lowest BCUT2D eigenvalue weighted by Gasteiger charge is -2.33. The summed E-state index contributed by atoms with van der Waals surface area (Å²) in [5.41, 5.74) is 8.14. The van der Waals surface area contributed by atoms with Gasteiger partial charge in [-0.25, -0.2) is 0 Å². The molecule has 2 heterocycles. The molecule has 0 bridgehead atoms. The fraction of sp³-hybridized carbons (Fsp3) is 0.400. The minimum atomic E-state index is 0. The number of benzene rings is 1. The van der Waals surface area contributed by atoms with Crippen LogP contribution in [0.1, 0.15) is 12.8 Å². The fourth-order valence-electron chi connectivity index (χ4n) is 2.77. The topological polar surface area (TPSA) is 42.1 Å². The second kappa shape index (κ2) is 6.22. The summed E-state index contributed by atoms with van der Waals surface area (Å²) in [7, 11) is 0. The van der Waals surface area contributed by atoms with E-state index in [1.165, 1.54) is 23.9 Å². The van der Waals surface area contributed by atoms with Crippen LogP contribution in [-0.2, 0) is 0 Å². The summed E-state index contributed by atoms with van der Waals surface area (Å²) in [6, 6.07) is 10.5. The summed E-state index contributed by atoms with van der Waals surface area (Å²) in [6.45, 7) is 3.04. The molecule has 1 aliphatic heterocycles. The highest BCUT2D eigenvalue weighted by Crippen LogP contribution is 2.28. The summed E-state index contributed by atoms with van der Waals surface area (Å²) in [5.74, 6) is 0.703. The Kier molecular flexibility index (Phi) is 4.61. The molecule has 102 valence electrons. The van der Waals surface area contributed by atoms with Crippen LogP contribution >= 0.6 is 12.4 Å². The van der Waals surface area contributed by atoms with Gasteiger partial charge in [0.2, 0.25) is 0 Å². The first kappa shape index (κ1) is 14.1. The van der Waals surface area contributed by atoms with Crippen LogP contribution in [-0.4, -0.2) is 24.6 Å². The Morgan fingerprint density at radius 2 is 1.89 bits per heavy atom. The first-order valence-electron chi connectivity index (χ1n) is 6.67. The highest BCUT2D eigenvalue weighted by atomic mass is 35.5. The van der Waals surface area contributed by atoms with E-state index in [0.717, 1.165) is 25.2 Å². The number of aromatic nitrogens is 1. The van der Waals surface area contributed by atoms with Crippen molar-refractivity contribution in [3.63, 3.8) is 0 Å². The van der Waals surface area contributed by atoms with Gasteiger partial charge in [-0.15, -0.1) is 12.4 Å². The van der Waals surface area contributed by atoms with E-state index in [1.807, 2.05) is 12.3 Å². The van der Waals surface area contributed by atoms with Crippen molar-refractivity contribution in [1.29, 1.82) is 0 Å². The molecule has 3 nitrogen and oxygen atoms in total. The van der Waals surface area contributed by atoms with Crippen molar-refractivity contribution in [2.45, 2.75) is 12.8 Å². The van der Waals surface area contributed by atoms with Crippen molar-refractivity contribution in [3.05, 3.63) is 36.5 Å². The molecular weight excluding hydrogens is 258 g/mol. The van der Waals surface area contributed by atoms with Gasteiger partial charge in [-0.1, -0.05) is 18.2 Å². The summed E-state index contributed by atoms with van der Waals surface area (Å²) in [6.07, 6.45) is 4.31. The van der Waals surface area contributed by atoms with Gasteiger partial charge in [-0.2, -0.15) is 0 Å². The smallest absolute Gasteiger partial charge is 0.0722 e. The second-order valence-corrected chi connectivity index (χ2v) is 5.01. The monoisotopic (exact) mass is 277 g/mol. The van der Waals surface area contributed by atoms with Crippen LogP contribution in [0.5, 0.6) is 0 Å². The third kappa shape index (κ3) is 2.82. The van der Waals surface area contributed by atoms with E-state index in [-0.39, 0.29) is 12.4 Å². The molecule has 0 unspecified atom stereocenters. The first-order chi connectivity index (χ1) is 8.88. The molecule has 1 saturated heterocycles. The molecule has 0 spiro atoms. The average molecular weight is 278 g/mol. The van der Waals surface area contributed by atoms with E-state index in [0.29, 0.717) is 5.92 Å². The van der Waals surface area contributed by atoms with Crippen molar-refractivity contribution in [2.24, 2.45) is 11.7 Å². The molecule has 1 aromatic heterocycles. The number of rotatable bonds is 2. The van der Waals surface area contributed by atoms with E-state index in [2.05, 4.69) is 34.1 Å². The van der Waals surface area contributed by atoms with E-state index < -0.39 is 0 Å². The molecule has 0 atom stereocenters. The quantitative estimate of drug-likeness (QED) is 0.918. The lowest BCUT2D eigenvalue weighted by atomic mass is 9.96. The number of anilines is 1. The predicted molar refractivity (Wildman–Crippen MR) is 83.0 cm³/mol. The van der Waals surface area contributed by atoms with Gasteiger partial charge in [0.25, 0.3) is 0 Å². The normalized spacial score (nSPS) is 16.4. The van der Waals surface area contributed by atoms with Gasteiger partial charge < -0.3 is 10.6 Å². The molecule has 2 aromatic rings. The molecule has 1 fully saturated rings. The highest BCUT2D eigenvalue weighted by Gasteiger charge is 2.19. The maximum Gasteiger partial charge on any atom is 0.0722 e. The lowest BCUT2D eigenvalue weighted by molar-refractivity contribution is 0.415. The maximum atomic E-state index is 5.75. The fourth-order valence-corrected chi connectivity index (χ4v) is 2.77.